The maximum Gasteiger partial charge on any atom is 0.255 e. The van der Waals surface area contributed by atoms with Crippen LogP contribution in [0.1, 0.15) is 35.3 Å². The fourth-order valence-corrected chi connectivity index (χ4v) is 4.22. The topological polar surface area (TPSA) is 101 Å². The number of hydrogen-bond acceptors (Lipinski definition) is 7. The quantitative estimate of drug-likeness (QED) is 0.499. The third-order valence-electron chi connectivity index (χ3n) is 5.77. The number of alkyl halides is 1. The van der Waals surface area contributed by atoms with Crippen LogP contribution in [-0.2, 0) is 4.74 Å². The molecule has 1 aliphatic rings. The molecule has 2 N–H and O–H groups in total. The van der Waals surface area contributed by atoms with E-state index in [0.717, 1.165) is 0 Å². The summed E-state index contributed by atoms with van der Waals surface area (Å²) in [6, 6.07) is 7.59. The molecule has 2 aromatic heterocycles. The normalized spacial score (nSPS) is 19.3. The van der Waals surface area contributed by atoms with Crippen LogP contribution in [-0.4, -0.2) is 76.2 Å². The van der Waals surface area contributed by atoms with Gasteiger partial charge in [-0.2, -0.15) is 4.98 Å². The van der Waals surface area contributed by atoms with Crippen molar-refractivity contribution >= 4 is 29.1 Å². The Bertz CT molecular complexity index is 1160. The molecule has 1 amide bonds. The molecule has 1 aromatic carbocycles. The van der Waals surface area contributed by atoms with Crippen LogP contribution in [0.15, 0.2) is 36.5 Å². The molecule has 4 rings (SSSR count). The van der Waals surface area contributed by atoms with Crippen LogP contribution in [0.4, 0.5) is 10.3 Å². The van der Waals surface area contributed by atoms with E-state index >= 15 is 0 Å². The molecule has 3 unspecified atom stereocenters. The van der Waals surface area contributed by atoms with Gasteiger partial charge in [-0.3, -0.25) is 4.79 Å². The van der Waals surface area contributed by atoms with Gasteiger partial charge in [-0.1, -0.05) is 23.7 Å². The van der Waals surface area contributed by atoms with Gasteiger partial charge in [0.1, 0.15) is 6.67 Å². The van der Waals surface area contributed by atoms with Crippen molar-refractivity contribution in [2.75, 3.05) is 38.9 Å². The van der Waals surface area contributed by atoms with Crippen molar-refractivity contribution in [2.24, 2.45) is 0 Å². The molecular weight excluding hydrogens is 465 g/mol. The summed E-state index contributed by atoms with van der Waals surface area (Å²) >= 11 is 6.04. The van der Waals surface area contributed by atoms with Gasteiger partial charge in [-0.05, 0) is 37.1 Å². The van der Waals surface area contributed by atoms with E-state index in [4.69, 9.17) is 21.1 Å². The van der Waals surface area contributed by atoms with Crippen LogP contribution in [0.3, 0.4) is 0 Å². The van der Waals surface area contributed by atoms with Crippen LogP contribution in [0, 0.1) is 0 Å². The first-order chi connectivity index (χ1) is 16.4. The van der Waals surface area contributed by atoms with Gasteiger partial charge in [0, 0.05) is 24.4 Å². The summed E-state index contributed by atoms with van der Waals surface area (Å²) in [6.45, 7) is 1.92. The van der Waals surface area contributed by atoms with Crippen molar-refractivity contribution < 1.29 is 23.8 Å². The lowest BCUT2D eigenvalue weighted by atomic mass is 10.1. The molecule has 9 nitrogen and oxygen atoms in total. The van der Waals surface area contributed by atoms with Crippen LogP contribution in [0.25, 0.3) is 5.65 Å². The Hall–Kier alpha value is -2.95. The minimum atomic E-state index is -0.697. The lowest BCUT2D eigenvalue weighted by Gasteiger charge is -2.38. The zero-order valence-electron chi connectivity index (χ0n) is 18.9. The highest BCUT2D eigenvalue weighted by Crippen LogP contribution is 2.26. The van der Waals surface area contributed by atoms with Gasteiger partial charge in [0.25, 0.3) is 5.91 Å². The van der Waals surface area contributed by atoms with E-state index in [0.29, 0.717) is 47.1 Å². The zero-order chi connectivity index (χ0) is 24.2. The van der Waals surface area contributed by atoms with Gasteiger partial charge in [0.15, 0.2) is 11.4 Å². The number of ether oxygens (including phenoxy) is 2. The standard InChI is InChI=1S/C23H27ClFN5O4/c1-14-11-29(18(6-7-31)13-34-14)22(32)16-9-20(33-2)21-27-23(28-30(21)12-16)26-19(10-25)15-4-3-5-17(24)8-15/h3-5,8-9,12,14,18-19,31H,6-7,10-11,13H2,1-2H3,(H,26,28). The number of amides is 1. The van der Waals surface area contributed by atoms with Crippen LogP contribution in [0.5, 0.6) is 5.75 Å². The fourth-order valence-electron chi connectivity index (χ4n) is 4.02. The lowest BCUT2D eigenvalue weighted by molar-refractivity contribution is -0.0486. The molecule has 1 saturated heterocycles. The highest BCUT2D eigenvalue weighted by atomic mass is 35.5. The predicted octanol–water partition coefficient (Wildman–Crippen LogP) is 3.13. The molecule has 0 radical (unpaired) electrons. The maximum absolute atomic E-state index is 13.8. The number of aromatic nitrogens is 3. The summed E-state index contributed by atoms with van der Waals surface area (Å²) in [5.41, 5.74) is 1.40. The van der Waals surface area contributed by atoms with Gasteiger partial charge in [-0.15, -0.1) is 5.10 Å². The minimum absolute atomic E-state index is 0.0466. The first-order valence-electron chi connectivity index (χ1n) is 11.0. The van der Waals surface area contributed by atoms with E-state index in [-0.39, 0.29) is 30.6 Å². The highest BCUT2D eigenvalue weighted by Gasteiger charge is 2.31. The van der Waals surface area contributed by atoms with Gasteiger partial charge >= 0.3 is 0 Å². The van der Waals surface area contributed by atoms with Crippen molar-refractivity contribution in [3.05, 3.63) is 52.7 Å². The van der Waals surface area contributed by atoms with Gasteiger partial charge < -0.3 is 24.8 Å². The number of carbonyl (C=O) groups excluding carboxylic acids is 1. The monoisotopic (exact) mass is 491 g/mol. The summed E-state index contributed by atoms with van der Waals surface area (Å²) < 4.78 is 26.4. The summed E-state index contributed by atoms with van der Waals surface area (Å²) in [7, 11) is 1.48. The molecule has 3 atom stereocenters. The van der Waals surface area contributed by atoms with Gasteiger partial charge in [0.2, 0.25) is 5.95 Å². The van der Waals surface area contributed by atoms with Crippen molar-refractivity contribution in [1.29, 1.82) is 0 Å². The maximum atomic E-state index is 13.8. The average Bonchev–Trinajstić information content (AvgIpc) is 3.25. The molecule has 3 heterocycles. The molecule has 0 spiro atoms. The largest absolute Gasteiger partial charge is 0.493 e. The summed E-state index contributed by atoms with van der Waals surface area (Å²) in [4.78, 5) is 19.5. The van der Waals surface area contributed by atoms with Crippen molar-refractivity contribution in [1.82, 2.24) is 19.5 Å². The molecule has 1 fully saturated rings. The lowest BCUT2D eigenvalue weighted by Crippen LogP contribution is -2.51. The molecule has 3 aromatic rings. The van der Waals surface area contributed by atoms with E-state index < -0.39 is 12.7 Å². The highest BCUT2D eigenvalue weighted by molar-refractivity contribution is 6.30. The first-order valence-corrected chi connectivity index (χ1v) is 11.4. The second-order valence-corrected chi connectivity index (χ2v) is 8.61. The Morgan fingerprint density at radius 3 is 2.97 bits per heavy atom. The molecule has 182 valence electrons. The molecular formula is C23H27ClFN5O4. The third-order valence-corrected chi connectivity index (χ3v) is 6.00. The first kappa shape index (κ1) is 24.2. The number of nitrogens with zero attached hydrogens (tertiary/aromatic N) is 4. The number of fused-ring (bicyclic) bond motifs is 1. The van der Waals surface area contributed by atoms with Crippen molar-refractivity contribution in [2.45, 2.75) is 31.5 Å². The second-order valence-electron chi connectivity index (χ2n) is 8.17. The molecule has 0 bridgehead atoms. The number of methoxy groups -OCH3 is 1. The third kappa shape index (κ3) is 5.08. The molecule has 1 aliphatic heterocycles. The van der Waals surface area contributed by atoms with Gasteiger partial charge in [0.05, 0.1) is 37.5 Å². The summed E-state index contributed by atoms with van der Waals surface area (Å²) in [6.07, 6.45) is 1.87. The zero-order valence-corrected chi connectivity index (χ0v) is 19.7. The Labute approximate surface area is 201 Å². The molecule has 34 heavy (non-hydrogen) atoms. The predicted molar refractivity (Wildman–Crippen MR) is 125 cm³/mol. The Balaban J connectivity index is 1.64. The van der Waals surface area contributed by atoms with Crippen molar-refractivity contribution in [3.8, 4) is 5.75 Å². The van der Waals surface area contributed by atoms with E-state index in [1.807, 2.05) is 6.92 Å². The van der Waals surface area contributed by atoms with Crippen LogP contribution in [0.2, 0.25) is 5.02 Å². The molecule has 11 heteroatoms. The number of hydrogen-bond donors (Lipinski definition) is 2. The average molecular weight is 492 g/mol. The summed E-state index contributed by atoms with van der Waals surface area (Å²) in [5, 5.41) is 17.3. The van der Waals surface area contributed by atoms with E-state index in [1.165, 1.54) is 11.6 Å². The van der Waals surface area contributed by atoms with Crippen LogP contribution < -0.4 is 10.1 Å². The number of carbonyl (C=O) groups is 1. The number of aliphatic hydroxyl groups excluding tert-OH is 1. The van der Waals surface area contributed by atoms with E-state index in [2.05, 4.69) is 15.4 Å². The Morgan fingerprint density at radius 1 is 1.44 bits per heavy atom. The number of aliphatic hydroxyl groups is 1. The fraction of sp³-hybridized carbons (Fsp3) is 0.435. The Morgan fingerprint density at radius 2 is 2.26 bits per heavy atom. The number of rotatable bonds is 8. The second kappa shape index (κ2) is 10.5. The number of nitrogens with one attached hydrogen (secondary N) is 1. The number of benzene rings is 1. The van der Waals surface area contributed by atoms with Crippen LogP contribution >= 0.6 is 11.6 Å². The van der Waals surface area contributed by atoms with Gasteiger partial charge in [-0.25, -0.2) is 8.91 Å². The number of anilines is 1. The summed E-state index contributed by atoms with van der Waals surface area (Å²) in [5.74, 6) is 0.314. The SMILES string of the molecule is COc1cc(C(=O)N2CC(C)OCC2CCO)cn2nc(NC(CF)c3cccc(Cl)c3)nc12. The minimum Gasteiger partial charge on any atom is -0.493 e. The number of pyridine rings is 1. The van der Waals surface area contributed by atoms with E-state index in [1.54, 1.807) is 41.4 Å². The number of halogens is 2. The molecule has 0 saturated carbocycles. The van der Waals surface area contributed by atoms with Crippen molar-refractivity contribution in [3.63, 3.8) is 0 Å². The van der Waals surface area contributed by atoms with E-state index in [9.17, 15) is 14.3 Å². The number of morpholine rings is 1. The Kier molecular flexibility index (Phi) is 7.50. The molecule has 0 aliphatic carbocycles. The smallest absolute Gasteiger partial charge is 0.255 e.